The van der Waals surface area contributed by atoms with Crippen molar-refractivity contribution in [1.29, 1.82) is 0 Å². The average Bonchev–Trinajstić information content (AvgIpc) is 3.25. The quantitative estimate of drug-likeness (QED) is 0.305. The summed E-state index contributed by atoms with van der Waals surface area (Å²) >= 11 is 1.40. The summed E-state index contributed by atoms with van der Waals surface area (Å²) in [6.07, 6.45) is 4.56. The molecule has 11 heteroatoms. The molecule has 1 aromatic heterocycles. The summed E-state index contributed by atoms with van der Waals surface area (Å²) in [6, 6.07) is 7.50. The molecule has 1 atom stereocenters. The lowest BCUT2D eigenvalue weighted by atomic mass is 10.2. The van der Waals surface area contributed by atoms with E-state index in [9.17, 15) is 4.79 Å². The van der Waals surface area contributed by atoms with Gasteiger partial charge in [0.1, 0.15) is 19.0 Å². The number of ether oxygens (including phenoxy) is 3. The van der Waals surface area contributed by atoms with Gasteiger partial charge in [0, 0.05) is 6.54 Å². The predicted molar refractivity (Wildman–Crippen MR) is 119 cm³/mol. The minimum Gasteiger partial charge on any atom is -0.491 e. The Kier molecular flexibility index (Phi) is 12.4. The summed E-state index contributed by atoms with van der Waals surface area (Å²) in [5.41, 5.74) is 0.857. The Morgan fingerprint density at radius 2 is 1.87 bits per heavy atom. The van der Waals surface area contributed by atoms with E-state index in [4.69, 9.17) is 14.2 Å². The second kappa shape index (κ2) is 15.1. The van der Waals surface area contributed by atoms with E-state index in [1.54, 1.807) is 4.68 Å². The van der Waals surface area contributed by atoms with Gasteiger partial charge in [-0.25, -0.2) is 0 Å². The van der Waals surface area contributed by atoms with E-state index in [2.05, 4.69) is 36.2 Å². The Morgan fingerprint density at radius 1 is 1.10 bits per heavy atom. The summed E-state index contributed by atoms with van der Waals surface area (Å²) in [5.74, 6) is 0.658. The smallest absolute Gasteiger partial charge is 0.245 e. The summed E-state index contributed by atoms with van der Waals surface area (Å²) in [7, 11) is 2.52. The molecule has 1 N–H and O–H groups in total. The van der Waals surface area contributed by atoms with Gasteiger partial charge >= 0.3 is 0 Å². The summed E-state index contributed by atoms with van der Waals surface area (Å²) in [6.45, 7) is 4.60. The minimum absolute atomic E-state index is 0.0677. The van der Waals surface area contributed by atoms with Crippen LogP contribution in [0.4, 0.5) is 0 Å². The molecule has 1 unspecified atom stereocenters. The van der Waals surface area contributed by atoms with Gasteiger partial charge in [-0.15, -0.1) is 5.10 Å². The van der Waals surface area contributed by atoms with Crippen LogP contribution < -0.4 is 10.1 Å². The van der Waals surface area contributed by atoms with Crippen molar-refractivity contribution in [2.45, 2.75) is 37.8 Å². The number of hydrogen-bond donors (Lipinski definition) is 1. The Hall–Kier alpha value is -1.74. The average molecular weight is 456 g/mol. The van der Waals surface area contributed by atoms with Gasteiger partial charge in [0.15, 0.2) is 0 Å². The van der Waals surface area contributed by atoms with Gasteiger partial charge in [0.25, 0.3) is 0 Å². The van der Waals surface area contributed by atoms with E-state index < -0.39 is 0 Å². The number of tetrazole rings is 1. The largest absolute Gasteiger partial charge is 0.491 e. The number of nitrogens with one attached hydrogen (secondary N) is 1. The van der Waals surface area contributed by atoms with E-state index in [-0.39, 0.29) is 12.5 Å². The van der Waals surface area contributed by atoms with Crippen molar-refractivity contribution in [2.75, 3.05) is 39.6 Å². The molecule has 2 aromatic rings. The number of carbonyl (C=O) groups is 1. The maximum Gasteiger partial charge on any atom is 0.245 e. The van der Waals surface area contributed by atoms with Crippen LogP contribution in [0.5, 0.6) is 5.75 Å². The molecule has 0 aliphatic carbocycles. The van der Waals surface area contributed by atoms with Crippen molar-refractivity contribution < 1.29 is 19.0 Å². The maximum absolute atomic E-state index is 11.6. The van der Waals surface area contributed by atoms with Gasteiger partial charge in [0.05, 0.1) is 25.5 Å². The first-order valence-electron chi connectivity index (χ1n) is 10.0. The number of rotatable bonds is 16. The lowest BCUT2D eigenvalue weighted by molar-refractivity contribution is -0.126. The molecule has 30 heavy (non-hydrogen) atoms. The fraction of sp³-hybridized carbons (Fsp3) is 0.579. The summed E-state index contributed by atoms with van der Waals surface area (Å²) < 4.78 is 18.1. The van der Waals surface area contributed by atoms with Crippen LogP contribution in [0.1, 0.15) is 32.6 Å². The van der Waals surface area contributed by atoms with Crippen molar-refractivity contribution in [2.24, 2.45) is 0 Å². The van der Waals surface area contributed by atoms with Gasteiger partial charge in [-0.2, -0.15) is 4.68 Å². The topological polar surface area (TPSA) is 100 Å². The van der Waals surface area contributed by atoms with Crippen LogP contribution in [0.25, 0.3) is 5.69 Å². The molecule has 166 valence electrons. The van der Waals surface area contributed by atoms with Crippen molar-refractivity contribution in [3.05, 3.63) is 24.3 Å². The molecule has 0 saturated heterocycles. The number of unbranched alkanes of at least 4 members (excludes halogenated alkanes) is 3. The number of hydrogen-bond acceptors (Lipinski definition) is 8. The Balaban J connectivity index is 1.48. The monoisotopic (exact) mass is 455 g/mol. The molecule has 1 heterocycles. The molecule has 0 saturated carbocycles. The highest BCUT2D eigenvalue weighted by Crippen LogP contribution is 2.24. The number of nitrogens with zero attached hydrogens (tertiary/aromatic N) is 4. The standard InChI is InChI=1S/C19H30N5O4PS/c1-2-3-4-5-10-20-18(25)15-27-12-11-26-13-14-28-17-8-6-16(7-9-17)24-19(30-29)21-22-23-24/h6-9H,2-5,10-15,29H2,1H3,(H,20,25). The van der Waals surface area contributed by atoms with Crippen LogP contribution in [0.2, 0.25) is 0 Å². The maximum atomic E-state index is 11.6. The van der Waals surface area contributed by atoms with Crippen LogP contribution in [-0.4, -0.2) is 65.7 Å². The Bertz CT molecular complexity index is 732. The zero-order valence-electron chi connectivity index (χ0n) is 17.3. The van der Waals surface area contributed by atoms with Crippen LogP contribution in [-0.2, 0) is 14.3 Å². The molecular formula is C19H30N5O4PS. The van der Waals surface area contributed by atoms with Crippen LogP contribution in [0.3, 0.4) is 0 Å². The normalized spacial score (nSPS) is 10.9. The highest BCUT2D eigenvalue weighted by Gasteiger charge is 2.07. The zero-order chi connectivity index (χ0) is 21.4. The number of benzene rings is 1. The fourth-order valence-electron chi connectivity index (χ4n) is 2.53. The van der Waals surface area contributed by atoms with Gasteiger partial charge in [-0.3, -0.25) is 4.79 Å². The highest BCUT2D eigenvalue weighted by molar-refractivity contribution is 8.43. The molecule has 0 aliphatic heterocycles. The van der Waals surface area contributed by atoms with Crippen LogP contribution in [0.15, 0.2) is 29.4 Å². The third-order valence-electron chi connectivity index (χ3n) is 4.08. The molecule has 0 fully saturated rings. The first-order chi connectivity index (χ1) is 14.7. The molecule has 1 aromatic carbocycles. The lowest BCUT2D eigenvalue weighted by Crippen LogP contribution is -2.29. The van der Waals surface area contributed by atoms with Gasteiger partial charge in [0.2, 0.25) is 11.1 Å². The Morgan fingerprint density at radius 3 is 2.63 bits per heavy atom. The molecule has 0 radical (unpaired) electrons. The van der Waals surface area contributed by atoms with Gasteiger partial charge in [-0.05, 0) is 41.1 Å². The van der Waals surface area contributed by atoms with E-state index >= 15 is 0 Å². The van der Waals surface area contributed by atoms with Crippen molar-refractivity contribution in [1.82, 2.24) is 25.5 Å². The van der Waals surface area contributed by atoms with Crippen LogP contribution >= 0.6 is 19.8 Å². The van der Waals surface area contributed by atoms with Gasteiger partial charge < -0.3 is 19.5 Å². The SMILES string of the molecule is CCCCCCNC(=O)COCCOCCOc1ccc(-n2nnnc2SP)cc1. The van der Waals surface area contributed by atoms with Crippen molar-refractivity contribution >= 4 is 25.7 Å². The molecular weight excluding hydrogens is 425 g/mol. The van der Waals surface area contributed by atoms with E-state index in [1.165, 1.54) is 24.2 Å². The number of carbonyl (C=O) groups excluding carboxylic acids is 1. The Labute approximate surface area is 183 Å². The third-order valence-corrected chi connectivity index (χ3v) is 5.18. The van der Waals surface area contributed by atoms with E-state index in [0.717, 1.165) is 24.3 Å². The molecule has 0 aliphatic rings. The second-order valence-corrected chi connectivity index (χ2v) is 7.72. The van der Waals surface area contributed by atoms with E-state index in [1.807, 2.05) is 24.3 Å². The van der Waals surface area contributed by atoms with Gasteiger partial charge in [-0.1, -0.05) is 46.0 Å². The van der Waals surface area contributed by atoms with Crippen molar-refractivity contribution in [3.8, 4) is 11.4 Å². The predicted octanol–water partition coefficient (Wildman–Crippen LogP) is 2.65. The van der Waals surface area contributed by atoms with E-state index in [0.29, 0.717) is 38.1 Å². The second-order valence-electron chi connectivity index (χ2n) is 6.41. The first-order valence-corrected chi connectivity index (χ1v) is 12.3. The summed E-state index contributed by atoms with van der Waals surface area (Å²) in [4.78, 5) is 11.6. The third kappa shape index (κ3) is 9.38. The number of aromatic nitrogens is 4. The summed E-state index contributed by atoms with van der Waals surface area (Å²) in [5, 5.41) is 15.1. The lowest BCUT2D eigenvalue weighted by Gasteiger charge is -2.09. The number of amides is 1. The first kappa shape index (κ1) is 24.5. The molecule has 2 rings (SSSR count). The fourth-order valence-corrected chi connectivity index (χ4v) is 3.30. The van der Waals surface area contributed by atoms with Crippen LogP contribution in [0, 0.1) is 0 Å². The molecule has 9 nitrogen and oxygen atoms in total. The molecule has 1 amide bonds. The minimum atomic E-state index is -0.0802. The van der Waals surface area contributed by atoms with Crippen molar-refractivity contribution in [3.63, 3.8) is 0 Å². The molecule has 0 spiro atoms. The zero-order valence-corrected chi connectivity index (χ0v) is 19.3. The highest BCUT2D eigenvalue weighted by atomic mass is 32.7. The molecule has 0 bridgehead atoms.